The van der Waals surface area contributed by atoms with Crippen molar-refractivity contribution in [3.63, 3.8) is 0 Å². The fourth-order valence-electron chi connectivity index (χ4n) is 3.59. The first-order valence-corrected chi connectivity index (χ1v) is 11.1. The van der Waals surface area contributed by atoms with Gasteiger partial charge in [0.05, 0.1) is 16.8 Å². The highest BCUT2D eigenvalue weighted by atomic mass is 32.1. The van der Waals surface area contributed by atoms with Gasteiger partial charge in [-0.3, -0.25) is 4.79 Å². The van der Waals surface area contributed by atoms with Gasteiger partial charge in [-0.2, -0.15) is 5.10 Å². The molecule has 2 aromatic carbocycles. The van der Waals surface area contributed by atoms with Crippen molar-refractivity contribution in [1.29, 1.82) is 0 Å². The molecule has 0 atom stereocenters. The molecule has 33 heavy (non-hydrogen) atoms. The smallest absolute Gasteiger partial charge is 0.281 e. The molecule has 0 saturated carbocycles. The quantitative estimate of drug-likeness (QED) is 0.338. The third-order valence-electron chi connectivity index (χ3n) is 5.20. The second-order valence-corrected chi connectivity index (χ2v) is 8.46. The molecule has 1 N–H and O–H groups in total. The van der Waals surface area contributed by atoms with Gasteiger partial charge in [0.25, 0.3) is 5.91 Å². The number of hydrogen-bond donors (Lipinski definition) is 1. The van der Waals surface area contributed by atoms with Crippen molar-refractivity contribution >= 4 is 45.8 Å². The number of nitrogens with zero attached hydrogens (tertiary/aromatic N) is 3. The Labute approximate surface area is 194 Å². The van der Waals surface area contributed by atoms with Crippen LogP contribution in [-0.2, 0) is 0 Å². The molecule has 1 aliphatic heterocycles. The number of aromatic nitrogens is 2. The van der Waals surface area contributed by atoms with Gasteiger partial charge in [0.1, 0.15) is 4.83 Å². The minimum atomic E-state index is -0.264. The summed E-state index contributed by atoms with van der Waals surface area (Å²) in [6, 6.07) is 15.3. The average molecular weight is 457 g/mol. The first-order chi connectivity index (χ1) is 16.1. The first-order valence-electron chi connectivity index (χ1n) is 10.3. The molecule has 0 spiro atoms. The molecule has 1 amide bonds. The Morgan fingerprint density at radius 1 is 1.03 bits per heavy atom. The van der Waals surface area contributed by atoms with Gasteiger partial charge in [-0.25, -0.2) is 15.4 Å². The average Bonchev–Trinajstić information content (AvgIpc) is 3.42. The van der Waals surface area contributed by atoms with Gasteiger partial charge < -0.3 is 9.47 Å². The molecule has 1 aliphatic rings. The maximum atomic E-state index is 12.7. The summed E-state index contributed by atoms with van der Waals surface area (Å²) < 4.78 is 10.8. The van der Waals surface area contributed by atoms with Crippen LogP contribution >= 0.6 is 11.3 Å². The van der Waals surface area contributed by atoms with Crippen LogP contribution in [0.2, 0.25) is 0 Å². The van der Waals surface area contributed by atoms with E-state index in [1.807, 2.05) is 74.5 Å². The highest BCUT2D eigenvalue weighted by molar-refractivity contribution is 7.20. The third kappa shape index (κ3) is 4.33. The molecular formula is C25H20N4O3S. The SMILES string of the molecule is Cc1nc(/C=C/c2ccc3c(c2)OCO3)nc2sc(C(=O)N/N=C/c3ccccc3)c(C)c12. The predicted molar refractivity (Wildman–Crippen MR) is 130 cm³/mol. The van der Waals surface area contributed by atoms with Crippen LogP contribution < -0.4 is 14.9 Å². The second-order valence-electron chi connectivity index (χ2n) is 7.46. The van der Waals surface area contributed by atoms with Crippen molar-refractivity contribution in [2.45, 2.75) is 13.8 Å². The lowest BCUT2D eigenvalue weighted by atomic mass is 10.1. The summed E-state index contributed by atoms with van der Waals surface area (Å²) in [6.45, 7) is 4.08. The van der Waals surface area contributed by atoms with E-state index in [1.165, 1.54) is 11.3 Å². The number of carbonyl (C=O) groups excluding carboxylic acids is 1. The van der Waals surface area contributed by atoms with E-state index in [4.69, 9.17) is 9.47 Å². The maximum absolute atomic E-state index is 12.7. The summed E-state index contributed by atoms with van der Waals surface area (Å²) in [4.78, 5) is 23.3. The molecule has 0 bridgehead atoms. The number of benzene rings is 2. The van der Waals surface area contributed by atoms with Gasteiger partial charge in [0.2, 0.25) is 6.79 Å². The van der Waals surface area contributed by atoms with Gasteiger partial charge in [0.15, 0.2) is 17.3 Å². The highest BCUT2D eigenvalue weighted by Crippen LogP contribution is 2.33. The van der Waals surface area contributed by atoms with E-state index in [1.54, 1.807) is 6.21 Å². The standard InChI is InChI=1S/C25H20N4O3S/c1-15-22-16(2)27-21(11-9-17-8-10-19-20(12-17)32-14-31-19)28-25(22)33-23(15)24(30)29-26-13-18-6-4-3-5-7-18/h3-13H,14H2,1-2H3,(H,29,30)/b11-9+,26-13+. The van der Waals surface area contributed by atoms with Crippen LogP contribution in [0.4, 0.5) is 0 Å². The van der Waals surface area contributed by atoms with Crippen LogP contribution in [0.5, 0.6) is 11.5 Å². The topological polar surface area (TPSA) is 85.7 Å². The Bertz CT molecular complexity index is 1410. The van der Waals surface area contributed by atoms with E-state index in [-0.39, 0.29) is 12.7 Å². The number of thiophene rings is 1. The molecular weight excluding hydrogens is 436 g/mol. The van der Waals surface area contributed by atoms with Crippen LogP contribution in [-0.4, -0.2) is 28.9 Å². The summed E-state index contributed by atoms with van der Waals surface area (Å²) in [5.41, 5.74) is 6.15. The summed E-state index contributed by atoms with van der Waals surface area (Å²) in [7, 11) is 0. The molecule has 5 rings (SSSR count). The molecule has 2 aromatic heterocycles. The lowest BCUT2D eigenvalue weighted by Gasteiger charge is -2.01. The molecule has 8 heteroatoms. The summed E-state index contributed by atoms with van der Waals surface area (Å²) in [5, 5.41) is 4.97. The number of fused-ring (bicyclic) bond motifs is 2. The van der Waals surface area contributed by atoms with Crippen LogP contribution in [0.25, 0.3) is 22.4 Å². The van der Waals surface area contributed by atoms with Crippen LogP contribution in [0.1, 0.15) is 37.9 Å². The zero-order valence-electron chi connectivity index (χ0n) is 18.0. The Morgan fingerprint density at radius 3 is 2.70 bits per heavy atom. The number of hydrazone groups is 1. The van der Waals surface area contributed by atoms with Gasteiger partial charge in [-0.05, 0) is 48.7 Å². The molecule has 0 unspecified atom stereocenters. The zero-order chi connectivity index (χ0) is 22.8. The van der Waals surface area contributed by atoms with E-state index in [2.05, 4.69) is 20.5 Å². The summed E-state index contributed by atoms with van der Waals surface area (Å²) in [5.74, 6) is 1.78. The van der Waals surface area contributed by atoms with E-state index in [9.17, 15) is 4.79 Å². The third-order valence-corrected chi connectivity index (χ3v) is 6.38. The summed E-state index contributed by atoms with van der Waals surface area (Å²) >= 11 is 1.34. The normalized spacial score (nSPS) is 12.8. The molecule has 0 aliphatic carbocycles. The lowest BCUT2D eigenvalue weighted by Crippen LogP contribution is -2.17. The number of rotatable bonds is 5. The minimum absolute atomic E-state index is 0.243. The van der Waals surface area contributed by atoms with Crippen LogP contribution in [0, 0.1) is 13.8 Å². The highest BCUT2D eigenvalue weighted by Gasteiger charge is 2.19. The minimum Gasteiger partial charge on any atom is -0.454 e. The van der Waals surface area contributed by atoms with Crippen molar-refractivity contribution in [2.75, 3.05) is 6.79 Å². The molecule has 0 fully saturated rings. The Morgan fingerprint density at radius 2 is 1.85 bits per heavy atom. The molecule has 7 nitrogen and oxygen atoms in total. The van der Waals surface area contributed by atoms with Crippen LogP contribution in [0.15, 0.2) is 53.6 Å². The van der Waals surface area contributed by atoms with Crippen molar-refractivity contribution < 1.29 is 14.3 Å². The van der Waals surface area contributed by atoms with Crippen molar-refractivity contribution in [2.24, 2.45) is 5.10 Å². The zero-order valence-corrected chi connectivity index (χ0v) is 18.8. The second kappa shape index (κ2) is 8.84. The number of carbonyl (C=O) groups is 1. The molecule has 3 heterocycles. The number of nitrogens with one attached hydrogen (secondary N) is 1. The first kappa shape index (κ1) is 20.8. The number of aryl methyl sites for hydroxylation is 2. The Hall–Kier alpha value is -4.04. The largest absolute Gasteiger partial charge is 0.454 e. The van der Waals surface area contributed by atoms with Gasteiger partial charge >= 0.3 is 0 Å². The number of amides is 1. The fourth-order valence-corrected chi connectivity index (χ4v) is 4.72. The van der Waals surface area contributed by atoms with Gasteiger partial charge in [-0.1, -0.05) is 42.5 Å². The summed E-state index contributed by atoms with van der Waals surface area (Å²) in [6.07, 6.45) is 5.39. The maximum Gasteiger partial charge on any atom is 0.281 e. The predicted octanol–water partition coefficient (Wildman–Crippen LogP) is 4.97. The fraction of sp³-hybridized carbons (Fsp3) is 0.120. The molecule has 164 valence electrons. The Kier molecular flexibility index (Phi) is 5.58. The van der Waals surface area contributed by atoms with Crippen molar-refractivity contribution in [1.82, 2.24) is 15.4 Å². The van der Waals surface area contributed by atoms with Gasteiger partial charge in [-0.15, -0.1) is 11.3 Å². The van der Waals surface area contributed by atoms with E-state index < -0.39 is 0 Å². The lowest BCUT2D eigenvalue weighted by molar-refractivity contribution is 0.0958. The van der Waals surface area contributed by atoms with E-state index in [0.717, 1.165) is 44.1 Å². The Balaban J connectivity index is 1.37. The van der Waals surface area contributed by atoms with Gasteiger partial charge in [0, 0.05) is 5.39 Å². The van der Waals surface area contributed by atoms with Crippen molar-refractivity contribution in [3.8, 4) is 11.5 Å². The van der Waals surface area contributed by atoms with Crippen molar-refractivity contribution in [3.05, 3.63) is 81.6 Å². The molecule has 4 aromatic rings. The number of hydrogen-bond acceptors (Lipinski definition) is 7. The number of ether oxygens (including phenoxy) is 2. The molecule has 0 saturated heterocycles. The molecule has 0 radical (unpaired) electrons. The monoisotopic (exact) mass is 456 g/mol. The van der Waals surface area contributed by atoms with E-state index >= 15 is 0 Å². The van der Waals surface area contributed by atoms with Crippen LogP contribution in [0.3, 0.4) is 0 Å². The van der Waals surface area contributed by atoms with E-state index in [0.29, 0.717) is 10.7 Å².